The number of amides is 1. The van der Waals surface area contributed by atoms with Crippen LogP contribution >= 0.6 is 31.3 Å². The molecule has 19 atom stereocenters. The summed E-state index contributed by atoms with van der Waals surface area (Å²) < 4.78 is 156. The lowest BCUT2D eigenvalue weighted by Crippen LogP contribution is -2.33. The van der Waals surface area contributed by atoms with Gasteiger partial charge in [-0.25, -0.2) is 47.0 Å². The molecule has 0 saturated carbocycles. The van der Waals surface area contributed by atoms with E-state index in [2.05, 4.69) is 50.2 Å². The van der Waals surface area contributed by atoms with Crippen LogP contribution in [0.5, 0.6) is 0 Å². The molecule has 49 nitrogen and oxygen atoms in total. The molecule has 0 spiro atoms. The third-order valence-corrected chi connectivity index (χ3v) is 23.5. The van der Waals surface area contributed by atoms with Crippen LogP contribution in [0.25, 0.3) is 22.3 Å². The molecule has 5 fully saturated rings. The zero-order chi connectivity index (χ0) is 83.7. The predicted molar refractivity (Wildman–Crippen MR) is 393 cm³/mol. The number of aromatic amines is 5. The lowest BCUT2D eigenvalue weighted by molar-refractivity contribution is -0.0684. The van der Waals surface area contributed by atoms with Crippen molar-refractivity contribution in [2.75, 3.05) is 57.7 Å². The first-order valence-electron chi connectivity index (χ1n) is 36.0. The smallest absolute Gasteiger partial charge is 0.394 e. The van der Waals surface area contributed by atoms with Gasteiger partial charge >= 0.3 is 48.4 Å². The third kappa shape index (κ3) is 20.5. The minimum absolute atomic E-state index is 0.00165. The Labute approximate surface area is 654 Å². The molecular formula is C63H80FN17O32P4. The zero-order valence-corrected chi connectivity index (χ0v) is 65.4. The van der Waals surface area contributed by atoms with Gasteiger partial charge in [0, 0.05) is 86.1 Å². The van der Waals surface area contributed by atoms with E-state index in [0.717, 1.165) is 32.4 Å². The molecule has 54 heteroatoms. The maximum atomic E-state index is 14.4. The van der Waals surface area contributed by atoms with Crippen LogP contribution < -0.4 is 61.6 Å². The highest BCUT2D eigenvalue weighted by atomic mass is 31.2. The van der Waals surface area contributed by atoms with Gasteiger partial charge in [0.05, 0.1) is 51.8 Å². The van der Waals surface area contributed by atoms with E-state index >= 15 is 0 Å². The Morgan fingerprint density at radius 3 is 1.20 bits per heavy atom. The number of carbonyl (C=O) groups is 1. The van der Waals surface area contributed by atoms with Gasteiger partial charge in [-0.15, -0.1) is 0 Å². The number of nitrogens with two attached hydrogens (primary N) is 2. The number of imidazole rings is 2. The van der Waals surface area contributed by atoms with Crippen LogP contribution in [-0.4, -0.2) is 206 Å². The highest BCUT2D eigenvalue weighted by molar-refractivity contribution is 7.48. The summed E-state index contributed by atoms with van der Waals surface area (Å²) in [5.41, 5.74) is 4.86. The Morgan fingerprint density at radius 1 is 0.487 bits per heavy atom. The number of benzene rings is 1. The molecule has 1 aromatic carbocycles. The molecule has 4 unspecified atom stereocenters. The Hall–Kier alpha value is -8.88. The topological polar surface area (TPSA) is 672 Å². The van der Waals surface area contributed by atoms with Crippen LogP contribution in [0.2, 0.25) is 0 Å². The second kappa shape index (κ2) is 35.6. The number of rotatable bonds is 35. The lowest BCUT2D eigenvalue weighted by atomic mass is 10.1. The number of ether oxygens (including phenoxy) is 6. The van der Waals surface area contributed by atoms with E-state index in [0.29, 0.717) is 37.8 Å². The number of anilines is 2. The number of phosphoric ester groups is 4. The molecule has 8 aromatic rings. The molecule has 13 rings (SSSR count). The fraction of sp³-hybridized carbons (Fsp3) is 0.540. The standard InChI is InChI=1S/C63H80FN17O32P4/c1-29-19-77(61(89)74-53(29)83)44-15-35(39(22-82)105-44)110-114(92,93)102-26-43-38(18-48(109-43)81-28-69-50-52(81)71-60(66)73-58(50)88)113-117(98,99)104-25-42-37(17-46(108-42)79-21-31(3)55(85)76-63(79)91)112-116(96,97)103-24-41-36(16-45(107-41)78-20-30(2)54(84)75-62(78)90)111-115(94,95)101-23-40-34(14-47(106-40)80-27-68-49-51(80)70-59(65)72-57(49)87)100-13-7-5-4-6-12-67-56(86)32-8-10-33(64)11-9-32/h8-11,19-21,27-28,34-48,82H,4-7,12-18,22-26H2,1-3H3,(H,67,86)(H,92,93)(H,94,95)(H,96,97)(H,98,99)(H,74,83,89)(H,75,84,90)(H,76,85,91)(H3,65,70,72,87)(H3,66,71,73,88)/t34-,35-,36-,37-,38-,39+,40+,41+,42+,43+,44+,45+,46+,47+,48+/m0/s1/i64-1. The third-order valence-electron chi connectivity index (χ3n) is 19.4. The molecular weight excluding hydrogens is 1650 g/mol. The molecule has 0 aliphatic carbocycles. The Balaban J connectivity index is 0.687. The number of fused-ring (bicyclic) bond motifs is 2. The lowest BCUT2D eigenvalue weighted by Gasteiger charge is -2.26. The summed E-state index contributed by atoms with van der Waals surface area (Å²) >= 11 is 0. The number of hydrogen-bond acceptors (Lipinski definition) is 34. The van der Waals surface area contributed by atoms with E-state index in [9.17, 15) is 90.5 Å². The van der Waals surface area contributed by atoms with E-state index < -0.39 is 226 Å². The summed E-state index contributed by atoms with van der Waals surface area (Å²) in [5, 5.41) is 12.9. The van der Waals surface area contributed by atoms with E-state index in [4.69, 9.17) is 76.1 Å². The second-order valence-corrected chi connectivity index (χ2v) is 33.3. The first kappa shape index (κ1) is 86.0. The van der Waals surface area contributed by atoms with Crippen molar-refractivity contribution in [3.63, 3.8) is 0 Å². The van der Waals surface area contributed by atoms with Crippen LogP contribution in [0.15, 0.2) is 93.9 Å². The zero-order valence-electron chi connectivity index (χ0n) is 61.8. The van der Waals surface area contributed by atoms with Crippen LogP contribution in [0.4, 0.5) is 16.3 Å². The maximum Gasteiger partial charge on any atom is 0.472 e. The van der Waals surface area contributed by atoms with Crippen molar-refractivity contribution in [3.8, 4) is 0 Å². The molecule has 0 bridgehead atoms. The molecule has 5 aliphatic rings. The first-order valence-corrected chi connectivity index (χ1v) is 42.0. The molecule has 0 radical (unpaired) electrons. The molecule has 5 saturated heterocycles. The summed E-state index contributed by atoms with van der Waals surface area (Å²) in [7, 11) is -21.9. The summed E-state index contributed by atoms with van der Waals surface area (Å²) in [6.45, 7) is -0.271. The SMILES string of the molecule is Cc1cn([C@H]2C[C@H](OP(=O)(O)OC[C@H]3O[C@@H](n4cnc5c(=O)[nH]c(N)nc54)C[C@@H]3OP(=O)(O)OC[C@H]3O[C@@H](n4cc(C)c(=O)[nH]c4=O)C[C@@H]3OP(=O)(O)OC[C@H]3O[C@@H](n4cc(C)c(=O)[nH]c4=O)C[C@@H]3OP(=O)(O)OC[C@H]3O[C@@H](n4cnc5c(=O)[nH]c(N)nc54)C[C@@H]3OCCCCCCNC(=O)c3ccc([18F])cc3)[C@@H](CO)O2)c(=O)[nH]c1=O. The number of carbonyl (C=O) groups excluding carboxylic acids is 1. The van der Waals surface area contributed by atoms with E-state index in [1.165, 1.54) is 66.7 Å². The van der Waals surface area contributed by atoms with Crippen molar-refractivity contribution in [2.45, 2.75) is 171 Å². The van der Waals surface area contributed by atoms with E-state index in [-0.39, 0.29) is 76.3 Å². The minimum Gasteiger partial charge on any atom is -0.394 e. The van der Waals surface area contributed by atoms with Gasteiger partial charge in [0.25, 0.3) is 33.7 Å². The van der Waals surface area contributed by atoms with Gasteiger partial charge in [0.15, 0.2) is 22.3 Å². The average Bonchev–Trinajstić information content (AvgIpc) is 1.63. The second-order valence-electron chi connectivity index (χ2n) is 27.7. The quantitative estimate of drug-likeness (QED) is 0.0183. The van der Waals surface area contributed by atoms with Crippen molar-refractivity contribution >= 4 is 71.4 Å². The Morgan fingerprint density at radius 2 is 0.821 bits per heavy atom. The molecule has 636 valence electrons. The van der Waals surface area contributed by atoms with Crippen molar-refractivity contribution < 1.29 is 117 Å². The van der Waals surface area contributed by atoms with Crippen LogP contribution in [-0.2, 0) is 82.9 Å². The summed E-state index contributed by atoms with van der Waals surface area (Å²) in [4.78, 5) is 188. The fourth-order valence-corrected chi connectivity index (χ4v) is 17.5. The maximum absolute atomic E-state index is 14.4. The Kier molecular flexibility index (Phi) is 26.2. The number of hydrogen-bond donors (Lipinski definition) is 13. The van der Waals surface area contributed by atoms with Gasteiger partial charge in [-0.05, 0) is 57.9 Å². The minimum atomic E-state index is -5.62. The number of halogens is 1. The summed E-state index contributed by atoms with van der Waals surface area (Å²) in [6.07, 6.45) is -15.8. The summed E-state index contributed by atoms with van der Waals surface area (Å²) in [5.74, 6) is -1.47. The molecule has 5 aliphatic heterocycles. The van der Waals surface area contributed by atoms with Crippen molar-refractivity contribution in [2.24, 2.45) is 0 Å². The number of aryl methyl sites for hydroxylation is 3. The van der Waals surface area contributed by atoms with Crippen molar-refractivity contribution in [3.05, 3.63) is 167 Å². The number of nitrogens with zero attached hydrogens (tertiary/aromatic N) is 9. The fourth-order valence-electron chi connectivity index (χ4n) is 13.6. The number of nitrogens with one attached hydrogen (secondary N) is 6. The number of nitrogen functional groups attached to an aromatic ring is 2. The van der Waals surface area contributed by atoms with Crippen molar-refractivity contribution in [1.82, 2.24) is 73.0 Å². The average molecular weight is 1730 g/mol. The summed E-state index contributed by atoms with van der Waals surface area (Å²) in [6, 6.07) is 5.08. The molecule has 12 heterocycles. The Bertz CT molecular complexity index is 5720. The van der Waals surface area contributed by atoms with Crippen molar-refractivity contribution in [1.29, 1.82) is 0 Å². The highest BCUT2D eigenvalue weighted by Gasteiger charge is 2.50. The first-order chi connectivity index (χ1) is 55.4. The largest absolute Gasteiger partial charge is 0.472 e. The van der Waals surface area contributed by atoms with E-state index in [1.807, 2.05) is 0 Å². The number of aliphatic hydroxyl groups is 1. The van der Waals surface area contributed by atoms with E-state index in [1.54, 1.807) is 0 Å². The van der Waals surface area contributed by atoms with Crippen LogP contribution in [0, 0.1) is 26.6 Å². The highest BCUT2D eigenvalue weighted by Crippen LogP contribution is 2.55. The monoisotopic (exact) mass is 1730 g/mol. The molecule has 7 aromatic heterocycles. The number of aliphatic hydroxyl groups excluding tert-OH is 1. The number of H-pyrrole nitrogens is 5. The molecule has 117 heavy (non-hydrogen) atoms. The van der Waals surface area contributed by atoms with Gasteiger partial charge in [-0.2, -0.15) is 9.97 Å². The van der Waals surface area contributed by atoms with Crippen LogP contribution in [0.3, 0.4) is 0 Å². The number of aromatic nitrogens is 14. The number of unbranched alkanes of at least 4 members (excludes halogenated alkanes) is 3. The van der Waals surface area contributed by atoms with Gasteiger partial charge in [0.1, 0.15) is 91.9 Å². The van der Waals surface area contributed by atoms with Gasteiger partial charge in [-0.1, -0.05) is 12.8 Å². The van der Waals surface area contributed by atoms with Gasteiger partial charge in [0.2, 0.25) is 11.9 Å². The normalized spacial score (nSPS) is 26.9. The number of phosphoric acid groups is 4. The van der Waals surface area contributed by atoms with Gasteiger partial charge < -0.3 is 69.9 Å². The molecule has 1 amide bonds. The predicted octanol–water partition coefficient (Wildman–Crippen LogP) is -0.0536. The van der Waals surface area contributed by atoms with Gasteiger partial charge in [-0.3, -0.25) is 113 Å². The van der Waals surface area contributed by atoms with Crippen LogP contribution in [0.1, 0.15) is 116 Å². The molecule has 15 N–H and O–H groups in total.